The van der Waals surface area contributed by atoms with Crippen LogP contribution in [0.15, 0.2) is 90.7 Å². The van der Waals surface area contributed by atoms with E-state index in [1.807, 2.05) is 17.6 Å². The van der Waals surface area contributed by atoms with Crippen molar-refractivity contribution in [2.45, 2.75) is 12.6 Å². The molecule has 0 saturated heterocycles. The molecule has 0 aliphatic heterocycles. The van der Waals surface area contributed by atoms with Gasteiger partial charge in [0.25, 0.3) is 0 Å². The Morgan fingerprint density at radius 1 is 0.897 bits per heavy atom. The smallest absolute Gasteiger partial charge is 0.123 e. The highest BCUT2D eigenvalue weighted by molar-refractivity contribution is 7.13. The van der Waals surface area contributed by atoms with Crippen LogP contribution in [0.5, 0.6) is 0 Å². The number of aromatic amines is 1. The van der Waals surface area contributed by atoms with Gasteiger partial charge in [-0.25, -0.2) is 9.97 Å². The third-order valence-electron chi connectivity index (χ3n) is 5.03. The van der Waals surface area contributed by atoms with Gasteiger partial charge in [0.05, 0.1) is 23.4 Å². The highest BCUT2D eigenvalue weighted by Gasteiger charge is 2.16. The minimum atomic E-state index is 0.0582. The summed E-state index contributed by atoms with van der Waals surface area (Å²) in [5.74, 6) is 0. The summed E-state index contributed by atoms with van der Waals surface area (Å²) in [5, 5.41) is 6.80. The summed E-state index contributed by atoms with van der Waals surface area (Å²) in [7, 11) is 0. The Morgan fingerprint density at radius 3 is 2.66 bits per heavy atom. The molecule has 5 aromatic rings. The Hall–Kier alpha value is -3.28. The van der Waals surface area contributed by atoms with Gasteiger partial charge < -0.3 is 10.3 Å². The fourth-order valence-corrected chi connectivity index (χ4v) is 4.23. The molecule has 1 atom stereocenters. The number of thiazole rings is 1. The van der Waals surface area contributed by atoms with Gasteiger partial charge >= 0.3 is 0 Å². The van der Waals surface area contributed by atoms with Crippen molar-refractivity contribution in [3.63, 3.8) is 0 Å². The molecule has 5 heteroatoms. The van der Waals surface area contributed by atoms with Gasteiger partial charge in [-0.2, -0.15) is 0 Å². The summed E-state index contributed by atoms with van der Waals surface area (Å²) in [4.78, 5) is 12.0. The van der Waals surface area contributed by atoms with E-state index in [2.05, 4.69) is 87.0 Å². The van der Waals surface area contributed by atoms with E-state index in [0.29, 0.717) is 0 Å². The number of hydrogen-bond acceptors (Lipinski definition) is 4. The Morgan fingerprint density at radius 2 is 1.79 bits per heavy atom. The lowest BCUT2D eigenvalue weighted by Crippen LogP contribution is -2.22. The summed E-state index contributed by atoms with van der Waals surface area (Å²) in [6.07, 6.45) is 3.59. The number of nitrogens with zero attached hydrogens (tertiary/aromatic N) is 2. The van der Waals surface area contributed by atoms with E-state index in [-0.39, 0.29) is 6.04 Å². The average molecular weight is 397 g/mol. The summed E-state index contributed by atoms with van der Waals surface area (Å²) < 4.78 is 0. The van der Waals surface area contributed by atoms with Crippen LogP contribution in [0.2, 0.25) is 0 Å². The normalized spacial score (nSPS) is 12.3. The van der Waals surface area contributed by atoms with Crippen molar-refractivity contribution in [3.05, 3.63) is 107 Å². The molecule has 1 unspecified atom stereocenters. The van der Waals surface area contributed by atoms with Gasteiger partial charge in [-0.15, -0.1) is 11.3 Å². The molecule has 0 fully saturated rings. The molecule has 5 rings (SSSR count). The molecule has 0 aliphatic rings. The second-order valence-electron chi connectivity index (χ2n) is 6.94. The van der Waals surface area contributed by atoms with Crippen LogP contribution in [0.3, 0.4) is 0 Å². The molecule has 4 nitrogen and oxygen atoms in total. The van der Waals surface area contributed by atoms with Gasteiger partial charge in [0.15, 0.2) is 0 Å². The van der Waals surface area contributed by atoms with Crippen molar-refractivity contribution in [1.82, 2.24) is 20.3 Å². The van der Waals surface area contributed by atoms with Gasteiger partial charge in [0.2, 0.25) is 0 Å². The maximum atomic E-state index is 4.47. The summed E-state index contributed by atoms with van der Waals surface area (Å²) in [6.45, 7) is 0.786. The monoisotopic (exact) mass is 396 g/mol. The summed E-state index contributed by atoms with van der Waals surface area (Å²) >= 11 is 1.66. The topological polar surface area (TPSA) is 53.6 Å². The SMILES string of the molecule is c1ccc(CNC(c2cccc(-c3nccs3)c2)c2ccc3nc[nH]c3c2)cc1. The van der Waals surface area contributed by atoms with Crippen LogP contribution < -0.4 is 5.32 Å². The molecule has 0 aliphatic carbocycles. The lowest BCUT2D eigenvalue weighted by Gasteiger charge is -2.21. The number of rotatable bonds is 6. The molecule has 142 valence electrons. The van der Waals surface area contributed by atoms with Crippen molar-refractivity contribution >= 4 is 22.4 Å². The van der Waals surface area contributed by atoms with Crippen LogP contribution in [-0.2, 0) is 6.54 Å². The third kappa shape index (κ3) is 3.83. The average Bonchev–Trinajstić information content (AvgIpc) is 3.47. The number of benzene rings is 3. The highest BCUT2D eigenvalue weighted by Crippen LogP contribution is 2.29. The molecule has 3 aromatic carbocycles. The van der Waals surface area contributed by atoms with Gasteiger partial charge in [-0.3, -0.25) is 0 Å². The quantitative estimate of drug-likeness (QED) is 0.395. The predicted octanol–water partition coefficient (Wildman–Crippen LogP) is 5.57. The van der Waals surface area contributed by atoms with E-state index in [4.69, 9.17) is 0 Å². The zero-order chi connectivity index (χ0) is 19.5. The van der Waals surface area contributed by atoms with E-state index in [0.717, 1.165) is 28.1 Å². The van der Waals surface area contributed by atoms with Crippen LogP contribution in [0.4, 0.5) is 0 Å². The zero-order valence-electron chi connectivity index (χ0n) is 15.7. The van der Waals surface area contributed by atoms with Crippen molar-refractivity contribution in [1.29, 1.82) is 0 Å². The number of aromatic nitrogens is 3. The lowest BCUT2D eigenvalue weighted by atomic mass is 9.96. The van der Waals surface area contributed by atoms with Crippen molar-refractivity contribution in [3.8, 4) is 10.6 Å². The Balaban J connectivity index is 1.53. The molecule has 2 heterocycles. The Kier molecular flexibility index (Phi) is 4.90. The van der Waals surface area contributed by atoms with Gasteiger partial charge in [-0.1, -0.05) is 54.6 Å². The number of fused-ring (bicyclic) bond motifs is 1. The first-order valence-corrected chi connectivity index (χ1v) is 10.4. The van der Waals surface area contributed by atoms with Gasteiger partial charge in [-0.05, 0) is 34.9 Å². The zero-order valence-corrected chi connectivity index (χ0v) is 16.6. The molecule has 0 bridgehead atoms. The van der Waals surface area contributed by atoms with E-state index in [9.17, 15) is 0 Å². The largest absolute Gasteiger partial charge is 0.345 e. The Labute approximate surface area is 173 Å². The highest BCUT2D eigenvalue weighted by atomic mass is 32.1. The van der Waals surface area contributed by atoms with Crippen molar-refractivity contribution in [2.75, 3.05) is 0 Å². The fraction of sp³-hybridized carbons (Fsp3) is 0.0833. The number of H-pyrrole nitrogens is 1. The first kappa shape index (κ1) is 17.8. The fourth-order valence-electron chi connectivity index (χ4n) is 3.59. The van der Waals surface area contributed by atoms with Crippen LogP contribution >= 0.6 is 11.3 Å². The number of imidazole rings is 1. The first-order chi connectivity index (χ1) is 14.4. The minimum absolute atomic E-state index is 0.0582. The molecule has 0 spiro atoms. The van der Waals surface area contributed by atoms with Crippen molar-refractivity contribution in [2.24, 2.45) is 0 Å². The van der Waals surface area contributed by atoms with E-state index >= 15 is 0 Å². The molecule has 0 radical (unpaired) electrons. The predicted molar refractivity (Wildman–Crippen MR) is 119 cm³/mol. The van der Waals surface area contributed by atoms with Crippen LogP contribution in [0.1, 0.15) is 22.7 Å². The lowest BCUT2D eigenvalue weighted by molar-refractivity contribution is 0.606. The second kappa shape index (κ2) is 7.99. The second-order valence-corrected chi connectivity index (χ2v) is 7.84. The molecule has 29 heavy (non-hydrogen) atoms. The first-order valence-electron chi connectivity index (χ1n) is 9.57. The number of hydrogen-bond donors (Lipinski definition) is 2. The standard InChI is InChI=1S/C24H20N4S/c1-2-5-17(6-3-1)15-26-23(19-9-10-21-22(14-19)28-16-27-21)18-7-4-8-20(13-18)24-25-11-12-29-24/h1-14,16,23,26H,15H2,(H,27,28). The van der Waals surface area contributed by atoms with Gasteiger partial charge in [0, 0.05) is 23.7 Å². The minimum Gasteiger partial charge on any atom is -0.345 e. The number of nitrogens with one attached hydrogen (secondary N) is 2. The molecular formula is C24H20N4S. The molecule has 2 aromatic heterocycles. The van der Waals surface area contributed by atoms with Crippen LogP contribution in [0, 0.1) is 0 Å². The summed E-state index contributed by atoms with van der Waals surface area (Å²) in [6, 6.07) is 25.6. The van der Waals surface area contributed by atoms with E-state index in [1.165, 1.54) is 16.7 Å². The molecular weight excluding hydrogens is 376 g/mol. The van der Waals surface area contributed by atoms with Gasteiger partial charge in [0.1, 0.15) is 5.01 Å². The maximum Gasteiger partial charge on any atom is 0.123 e. The van der Waals surface area contributed by atoms with Crippen molar-refractivity contribution < 1.29 is 0 Å². The van der Waals surface area contributed by atoms with E-state index in [1.54, 1.807) is 17.7 Å². The summed E-state index contributed by atoms with van der Waals surface area (Å²) in [5.41, 5.74) is 6.85. The van der Waals surface area contributed by atoms with Crippen LogP contribution in [-0.4, -0.2) is 15.0 Å². The molecule has 0 saturated carbocycles. The van der Waals surface area contributed by atoms with Crippen LogP contribution in [0.25, 0.3) is 21.6 Å². The third-order valence-corrected chi connectivity index (χ3v) is 5.85. The Bertz CT molecular complexity index is 1210. The molecule has 2 N–H and O–H groups in total. The van der Waals surface area contributed by atoms with E-state index < -0.39 is 0 Å². The molecule has 0 amide bonds. The maximum absolute atomic E-state index is 4.47.